The first-order valence-corrected chi connectivity index (χ1v) is 9.52. The summed E-state index contributed by atoms with van der Waals surface area (Å²) < 4.78 is 5.04. The first-order chi connectivity index (χ1) is 14.1. The number of carbonyl (C=O) groups excluding carboxylic acids is 1. The van der Waals surface area contributed by atoms with Gasteiger partial charge in [-0.1, -0.05) is 35.9 Å². The van der Waals surface area contributed by atoms with Crippen LogP contribution in [0.25, 0.3) is 22.3 Å². The van der Waals surface area contributed by atoms with Gasteiger partial charge in [-0.25, -0.2) is 14.8 Å². The van der Waals surface area contributed by atoms with Crippen molar-refractivity contribution < 1.29 is 9.53 Å². The van der Waals surface area contributed by atoms with E-state index in [4.69, 9.17) is 14.7 Å². The molecule has 0 bridgehead atoms. The van der Waals surface area contributed by atoms with Crippen LogP contribution in [0.2, 0.25) is 0 Å². The quantitative estimate of drug-likeness (QED) is 0.459. The van der Waals surface area contributed by atoms with E-state index >= 15 is 0 Å². The largest absolute Gasteiger partial charge is 0.462 e. The molecule has 0 amide bonds. The second-order valence-electron chi connectivity index (χ2n) is 6.71. The van der Waals surface area contributed by atoms with Gasteiger partial charge in [0.2, 0.25) is 0 Å². The number of hydrogen-bond acceptors (Lipinski definition) is 5. The molecule has 5 nitrogen and oxygen atoms in total. The molecule has 3 aromatic carbocycles. The molecule has 0 aliphatic rings. The van der Waals surface area contributed by atoms with Crippen LogP contribution in [0, 0.1) is 6.92 Å². The normalized spacial score (nSPS) is 10.7. The van der Waals surface area contributed by atoms with Crippen molar-refractivity contribution in [1.29, 1.82) is 0 Å². The fourth-order valence-corrected chi connectivity index (χ4v) is 3.13. The summed E-state index contributed by atoms with van der Waals surface area (Å²) in [6.07, 6.45) is 0. The Morgan fingerprint density at radius 1 is 0.966 bits per heavy atom. The second-order valence-corrected chi connectivity index (χ2v) is 6.71. The van der Waals surface area contributed by atoms with Gasteiger partial charge in [0.1, 0.15) is 5.82 Å². The van der Waals surface area contributed by atoms with Crippen molar-refractivity contribution in [3.8, 4) is 11.4 Å². The van der Waals surface area contributed by atoms with E-state index in [1.54, 1.807) is 19.1 Å². The van der Waals surface area contributed by atoms with Gasteiger partial charge in [-0.3, -0.25) is 0 Å². The Kier molecular flexibility index (Phi) is 5.20. The molecule has 0 radical (unpaired) electrons. The molecule has 0 fully saturated rings. The van der Waals surface area contributed by atoms with E-state index in [0.29, 0.717) is 18.0 Å². The molecule has 0 saturated carbocycles. The Morgan fingerprint density at radius 2 is 1.76 bits per heavy atom. The van der Waals surface area contributed by atoms with Crippen LogP contribution < -0.4 is 5.32 Å². The van der Waals surface area contributed by atoms with Crippen molar-refractivity contribution in [2.24, 2.45) is 0 Å². The molecule has 4 rings (SSSR count). The molecule has 0 spiro atoms. The standard InChI is InChI=1S/C24H21N3O2/c1-3-29-24(28)17-11-13-19(14-12-17)25-23-20-9-4-5-10-21(20)26-22(27-23)18-8-6-7-16(2)15-18/h4-15H,3H2,1-2H3,(H,25,26,27). The van der Waals surface area contributed by atoms with Crippen molar-refractivity contribution >= 4 is 28.4 Å². The highest BCUT2D eigenvalue weighted by Gasteiger charge is 2.11. The Balaban J connectivity index is 1.72. The number of nitrogens with one attached hydrogen (secondary N) is 1. The fraction of sp³-hybridized carbons (Fsp3) is 0.125. The molecule has 1 N–H and O–H groups in total. The van der Waals surface area contributed by atoms with Gasteiger partial charge in [-0.15, -0.1) is 0 Å². The minimum Gasteiger partial charge on any atom is -0.462 e. The second kappa shape index (κ2) is 8.10. The minimum absolute atomic E-state index is 0.326. The monoisotopic (exact) mass is 383 g/mol. The highest BCUT2D eigenvalue weighted by Crippen LogP contribution is 2.27. The van der Waals surface area contributed by atoms with Crippen LogP contribution in [0.1, 0.15) is 22.8 Å². The lowest BCUT2D eigenvalue weighted by Gasteiger charge is -2.12. The summed E-state index contributed by atoms with van der Waals surface area (Å²) in [5.41, 5.74) is 4.34. The van der Waals surface area contributed by atoms with E-state index in [1.807, 2.05) is 48.5 Å². The van der Waals surface area contributed by atoms with E-state index in [-0.39, 0.29) is 5.97 Å². The summed E-state index contributed by atoms with van der Waals surface area (Å²) in [7, 11) is 0. The van der Waals surface area contributed by atoms with Gasteiger partial charge >= 0.3 is 5.97 Å². The number of nitrogens with zero attached hydrogens (tertiary/aromatic N) is 2. The zero-order valence-corrected chi connectivity index (χ0v) is 16.3. The summed E-state index contributed by atoms with van der Waals surface area (Å²) in [5.74, 6) is 1.06. The van der Waals surface area contributed by atoms with Gasteiger partial charge in [0, 0.05) is 16.6 Å². The third-order valence-electron chi connectivity index (χ3n) is 4.54. The van der Waals surface area contributed by atoms with Gasteiger partial charge in [-0.2, -0.15) is 0 Å². The van der Waals surface area contributed by atoms with Crippen molar-refractivity contribution in [1.82, 2.24) is 9.97 Å². The van der Waals surface area contributed by atoms with Crippen LogP contribution in [0.4, 0.5) is 11.5 Å². The number of para-hydroxylation sites is 1. The number of aryl methyl sites for hydroxylation is 1. The van der Waals surface area contributed by atoms with Crippen LogP contribution in [0.15, 0.2) is 72.8 Å². The molecule has 0 unspecified atom stereocenters. The third-order valence-corrected chi connectivity index (χ3v) is 4.54. The lowest BCUT2D eigenvalue weighted by atomic mass is 10.1. The molecule has 5 heteroatoms. The Hall–Kier alpha value is -3.73. The molecular formula is C24H21N3O2. The minimum atomic E-state index is -0.326. The molecule has 0 atom stereocenters. The van der Waals surface area contributed by atoms with Crippen LogP contribution in [-0.2, 0) is 4.74 Å². The molecule has 0 aliphatic heterocycles. The predicted molar refractivity (Wildman–Crippen MR) is 115 cm³/mol. The van der Waals surface area contributed by atoms with Crippen LogP contribution in [-0.4, -0.2) is 22.5 Å². The van der Waals surface area contributed by atoms with E-state index < -0.39 is 0 Å². The number of aromatic nitrogens is 2. The fourth-order valence-electron chi connectivity index (χ4n) is 3.13. The zero-order valence-electron chi connectivity index (χ0n) is 16.3. The first kappa shape index (κ1) is 18.6. The number of carbonyl (C=O) groups is 1. The molecule has 29 heavy (non-hydrogen) atoms. The molecule has 0 aliphatic carbocycles. The van der Waals surface area contributed by atoms with Gasteiger partial charge in [0.25, 0.3) is 0 Å². The number of fused-ring (bicyclic) bond motifs is 1. The molecule has 4 aromatic rings. The molecule has 1 aromatic heterocycles. The maximum absolute atomic E-state index is 11.9. The number of hydrogen-bond donors (Lipinski definition) is 1. The summed E-state index contributed by atoms with van der Waals surface area (Å²) >= 11 is 0. The SMILES string of the molecule is CCOC(=O)c1ccc(Nc2nc(-c3cccc(C)c3)nc3ccccc23)cc1. The van der Waals surface area contributed by atoms with E-state index in [2.05, 4.69) is 24.4 Å². The summed E-state index contributed by atoms with van der Waals surface area (Å²) in [5, 5.41) is 4.30. The highest BCUT2D eigenvalue weighted by atomic mass is 16.5. The van der Waals surface area contributed by atoms with Gasteiger partial charge in [-0.05, 0) is 56.3 Å². The Labute approximate surface area is 169 Å². The van der Waals surface area contributed by atoms with Crippen molar-refractivity contribution in [2.45, 2.75) is 13.8 Å². The van der Waals surface area contributed by atoms with E-state index in [1.165, 1.54) is 0 Å². The lowest BCUT2D eigenvalue weighted by Crippen LogP contribution is -2.04. The van der Waals surface area contributed by atoms with E-state index in [9.17, 15) is 4.79 Å². The number of anilines is 2. The molecular weight excluding hydrogens is 362 g/mol. The number of benzene rings is 3. The number of esters is 1. The zero-order chi connectivity index (χ0) is 20.2. The molecule has 144 valence electrons. The maximum Gasteiger partial charge on any atom is 0.338 e. The van der Waals surface area contributed by atoms with Crippen LogP contribution >= 0.6 is 0 Å². The average molecular weight is 383 g/mol. The Morgan fingerprint density at radius 3 is 2.52 bits per heavy atom. The van der Waals surface area contributed by atoms with Crippen LogP contribution in [0.3, 0.4) is 0 Å². The number of ether oxygens (including phenoxy) is 1. The van der Waals surface area contributed by atoms with Crippen molar-refractivity contribution in [3.05, 3.63) is 83.9 Å². The smallest absolute Gasteiger partial charge is 0.338 e. The third kappa shape index (κ3) is 4.09. The Bertz CT molecular complexity index is 1170. The molecule has 0 saturated heterocycles. The summed E-state index contributed by atoms with van der Waals surface area (Å²) in [6.45, 7) is 4.20. The topological polar surface area (TPSA) is 64.1 Å². The van der Waals surface area contributed by atoms with Gasteiger partial charge < -0.3 is 10.1 Å². The summed E-state index contributed by atoms with van der Waals surface area (Å²) in [4.78, 5) is 21.4. The van der Waals surface area contributed by atoms with Crippen molar-refractivity contribution in [2.75, 3.05) is 11.9 Å². The first-order valence-electron chi connectivity index (χ1n) is 9.52. The predicted octanol–water partition coefficient (Wildman–Crippen LogP) is 5.53. The lowest BCUT2D eigenvalue weighted by molar-refractivity contribution is 0.0526. The molecule has 1 heterocycles. The van der Waals surface area contributed by atoms with Crippen LogP contribution in [0.5, 0.6) is 0 Å². The van der Waals surface area contributed by atoms with Crippen molar-refractivity contribution in [3.63, 3.8) is 0 Å². The summed E-state index contributed by atoms with van der Waals surface area (Å²) in [6, 6.07) is 23.2. The van der Waals surface area contributed by atoms with E-state index in [0.717, 1.165) is 33.5 Å². The number of rotatable bonds is 5. The highest BCUT2D eigenvalue weighted by molar-refractivity contribution is 5.93. The van der Waals surface area contributed by atoms with Gasteiger partial charge in [0.05, 0.1) is 17.7 Å². The average Bonchev–Trinajstić information content (AvgIpc) is 2.74. The van der Waals surface area contributed by atoms with Gasteiger partial charge in [0.15, 0.2) is 5.82 Å². The maximum atomic E-state index is 11.9.